The van der Waals surface area contributed by atoms with Crippen molar-refractivity contribution in [1.29, 1.82) is 0 Å². The highest BCUT2D eigenvalue weighted by atomic mass is 32.2. The summed E-state index contributed by atoms with van der Waals surface area (Å²) in [7, 11) is -1.65. The third-order valence-electron chi connectivity index (χ3n) is 4.50. The maximum atomic E-state index is 12.2. The van der Waals surface area contributed by atoms with Crippen LogP contribution in [0.4, 0.5) is 0 Å². The maximum absolute atomic E-state index is 12.2. The van der Waals surface area contributed by atoms with Gasteiger partial charge in [-0.25, -0.2) is 13.1 Å². The molecule has 0 saturated carbocycles. The number of aromatic amines is 1. The highest BCUT2D eigenvalue weighted by Crippen LogP contribution is 2.31. The molecule has 0 unspecified atom stereocenters. The smallest absolute Gasteiger partial charge is 0.211 e. The van der Waals surface area contributed by atoms with E-state index in [1.54, 1.807) is 7.11 Å². The van der Waals surface area contributed by atoms with Crippen molar-refractivity contribution in [1.82, 2.24) is 9.71 Å². The molecule has 0 bridgehead atoms. The number of fused-ring (bicyclic) bond motifs is 1. The molecule has 0 aliphatic rings. The number of aromatic nitrogens is 1. The Morgan fingerprint density at radius 2 is 1.85 bits per heavy atom. The lowest BCUT2D eigenvalue weighted by molar-refractivity contribution is 0.414. The number of hydrogen-bond acceptors (Lipinski definition) is 3. The van der Waals surface area contributed by atoms with Crippen LogP contribution in [0.25, 0.3) is 10.9 Å². The lowest BCUT2D eigenvalue weighted by atomic mass is 9.91. The molecule has 26 heavy (non-hydrogen) atoms. The zero-order valence-corrected chi connectivity index (χ0v) is 15.8. The first kappa shape index (κ1) is 18.5. The molecule has 1 aromatic heterocycles. The predicted octanol–water partition coefficient (Wildman–Crippen LogP) is 3.64. The molecule has 0 amide bonds. The van der Waals surface area contributed by atoms with Crippen molar-refractivity contribution in [3.05, 3.63) is 65.9 Å². The minimum Gasteiger partial charge on any atom is -0.497 e. The van der Waals surface area contributed by atoms with Gasteiger partial charge in [-0.2, -0.15) is 0 Å². The van der Waals surface area contributed by atoms with E-state index in [2.05, 4.69) is 15.8 Å². The molecule has 138 valence electrons. The molecule has 3 rings (SSSR count). The number of rotatable bonds is 8. The topological polar surface area (TPSA) is 71.2 Å². The van der Waals surface area contributed by atoms with Gasteiger partial charge in [0.05, 0.1) is 12.9 Å². The largest absolute Gasteiger partial charge is 0.497 e. The van der Waals surface area contributed by atoms with Crippen LogP contribution in [0.5, 0.6) is 5.75 Å². The quantitative estimate of drug-likeness (QED) is 0.634. The highest BCUT2D eigenvalue weighted by Gasteiger charge is 2.20. The number of benzene rings is 2. The minimum atomic E-state index is -3.28. The molecular formula is C20H24N2O3S. The van der Waals surface area contributed by atoms with E-state index in [1.807, 2.05) is 55.6 Å². The maximum Gasteiger partial charge on any atom is 0.211 e. The number of hydrogen-bond donors (Lipinski definition) is 2. The first-order chi connectivity index (χ1) is 12.5. The number of methoxy groups -OCH3 is 1. The fourth-order valence-corrected chi connectivity index (χ4v) is 4.28. The summed E-state index contributed by atoms with van der Waals surface area (Å²) in [6.45, 7) is 2.18. The molecule has 0 spiro atoms. The highest BCUT2D eigenvalue weighted by molar-refractivity contribution is 7.89. The Morgan fingerprint density at radius 1 is 1.12 bits per heavy atom. The summed E-state index contributed by atoms with van der Waals surface area (Å²) in [4.78, 5) is 3.28. The van der Waals surface area contributed by atoms with E-state index < -0.39 is 10.0 Å². The van der Waals surface area contributed by atoms with Crippen LogP contribution in [-0.2, 0) is 10.0 Å². The number of nitrogens with one attached hydrogen (secondary N) is 2. The molecule has 1 atom stereocenters. The summed E-state index contributed by atoms with van der Waals surface area (Å²) in [6.07, 6.45) is 2.56. The molecule has 3 aromatic rings. The SMILES string of the molecule is CCCS(=O)(=O)NC[C@@H](c1ccc(OC)cc1)c1c[nH]c2ccccc12. The van der Waals surface area contributed by atoms with Crippen LogP contribution in [0.2, 0.25) is 0 Å². The number of para-hydroxylation sites is 1. The van der Waals surface area contributed by atoms with Crippen molar-refractivity contribution < 1.29 is 13.2 Å². The minimum absolute atomic E-state index is 0.0938. The summed E-state index contributed by atoms with van der Waals surface area (Å²) in [5, 5.41) is 1.10. The number of ether oxygens (including phenoxy) is 1. The van der Waals surface area contributed by atoms with E-state index in [0.717, 1.165) is 27.8 Å². The average molecular weight is 372 g/mol. The zero-order chi connectivity index (χ0) is 18.6. The van der Waals surface area contributed by atoms with E-state index >= 15 is 0 Å². The van der Waals surface area contributed by atoms with Crippen molar-refractivity contribution in [2.75, 3.05) is 19.4 Å². The Morgan fingerprint density at radius 3 is 2.54 bits per heavy atom. The molecule has 2 N–H and O–H groups in total. The second-order valence-electron chi connectivity index (χ2n) is 6.28. The molecule has 0 radical (unpaired) electrons. The summed E-state index contributed by atoms with van der Waals surface area (Å²) < 4.78 is 32.3. The standard InChI is InChI=1S/C20H24N2O3S/c1-3-12-26(23,24)22-14-18(15-8-10-16(25-2)11-9-15)19-13-21-20-7-5-4-6-17(19)20/h4-11,13,18,21-22H,3,12,14H2,1-2H3/t18-/m0/s1. The molecule has 1 heterocycles. The van der Waals surface area contributed by atoms with Gasteiger partial charge in [0.15, 0.2) is 0 Å². The first-order valence-corrected chi connectivity index (χ1v) is 10.4. The third-order valence-corrected chi connectivity index (χ3v) is 6.05. The van der Waals surface area contributed by atoms with Gasteiger partial charge in [0, 0.05) is 29.6 Å². The van der Waals surface area contributed by atoms with Gasteiger partial charge in [-0.1, -0.05) is 37.3 Å². The summed E-state index contributed by atoms with van der Waals surface area (Å²) in [5.41, 5.74) is 3.15. The second kappa shape index (κ2) is 7.93. The Kier molecular flexibility index (Phi) is 5.64. The molecule has 0 saturated heterocycles. The van der Waals surface area contributed by atoms with Crippen molar-refractivity contribution in [2.24, 2.45) is 0 Å². The van der Waals surface area contributed by atoms with Crippen LogP contribution < -0.4 is 9.46 Å². The van der Waals surface area contributed by atoms with Crippen LogP contribution in [0.15, 0.2) is 54.7 Å². The molecule has 0 aliphatic heterocycles. The van der Waals surface area contributed by atoms with Gasteiger partial charge >= 0.3 is 0 Å². The lowest BCUT2D eigenvalue weighted by Crippen LogP contribution is -2.30. The van der Waals surface area contributed by atoms with Gasteiger partial charge in [0.2, 0.25) is 10.0 Å². The number of H-pyrrole nitrogens is 1. The van der Waals surface area contributed by atoms with Gasteiger partial charge in [-0.05, 0) is 35.7 Å². The van der Waals surface area contributed by atoms with Gasteiger partial charge in [-0.3, -0.25) is 0 Å². The molecule has 0 fully saturated rings. The van der Waals surface area contributed by atoms with E-state index in [1.165, 1.54) is 0 Å². The summed E-state index contributed by atoms with van der Waals surface area (Å²) >= 11 is 0. The average Bonchev–Trinajstić information content (AvgIpc) is 3.06. The van der Waals surface area contributed by atoms with E-state index in [9.17, 15) is 8.42 Å². The van der Waals surface area contributed by atoms with Crippen molar-refractivity contribution in [3.63, 3.8) is 0 Å². The van der Waals surface area contributed by atoms with E-state index in [0.29, 0.717) is 13.0 Å². The van der Waals surface area contributed by atoms with E-state index in [-0.39, 0.29) is 11.7 Å². The van der Waals surface area contributed by atoms with Crippen LogP contribution in [0, 0.1) is 0 Å². The van der Waals surface area contributed by atoms with Crippen LogP contribution >= 0.6 is 0 Å². The Hall–Kier alpha value is -2.31. The van der Waals surface area contributed by atoms with Crippen LogP contribution in [0.3, 0.4) is 0 Å². The molecule has 2 aromatic carbocycles. The van der Waals surface area contributed by atoms with Crippen molar-refractivity contribution in [3.8, 4) is 5.75 Å². The lowest BCUT2D eigenvalue weighted by Gasteiger charge is -2.18. The van der Waals surface area contributed by atoms with Gasteiger partial charge in [0.1, 0.15) is 5.75 Å². The monoisotopic (exact) mass is 372 g/mol. The van der Waals surface area contributed by atoms with Gasteiger partial charge in [-0.15, -0.1) is 0 Å². The van der Waals surface area contributed by atoms with Gasteiger partial charge in [0.25, 0.3) is 0 Å². The zero-order valence-electron chi connectivity index (χ0n) is 15.0. The molecule has 0 aliphatic carbocycles. The number of sulfonamides is 1. The summed E-state index contributed by atoms with van der Waals surface area (Å²) in [6, 6.07) is 15.8. The fraction of sp³-hybridized carbons (Fsp3) is 0.300. The van der Waals surface area contributed by atoms with Crippen molar-refractivity contribution in [2.45, 2.75) is 19.3 Å². The molecule has 6 heteroatoms. The molecular weight excluding hydrogens is 348 g/mol. The van der Waals surface area contributed by atoms with Crippen molar-refractivity contribution >= 4 is 20.9 Å². The first-order valence-electron chi connectivity index (χ1n) is 8.71. The Balaban J connectivity index is 1.98. The Bertz CT molecular complexity index is 962. The fourth-order valence-electron chi connectivity index (χ4n) is 3.18. The Labute approximate surface area is 154 Å². The van der Waals surface area contributed by atoms with E-state index in [4.69, 9.17) is 4.74 Å². The van der Waals surface area contributed by atoms with Crippen LogP contribution in [-0.4, -0.2) is 32.8 Å². The van der Waals surface area contributed by atoms with Gasteiger partial charge < -0.3 is 9.72 Å². The predicted molar refractivity (Wildman–Crippen MR) is 105 cm³/mol. The molecule has 5 nitrogen and oxygen atoms in total. The second-order valence-corrected chi connectivity index (χ2v) is 8.21. The van der Waals surface area contributed by atoms with Crippen LogP contribution in [0.1, 0.15) is 30.4 Å². The third kappa shape index (κ3) is 4.08. The normalized spacial score (nSPS) is 13.0. The summed E-state index contributed by atoms with van der Waals surface area (Å²) in [5.74, 6) is 0.817.